The SMILES string of the molecule is O=C([O-])c1c[nH]c2ccccc2c1=O.[Na+]. The third-order valence-corrected chi connectivity index (χ3v) is 2.01. The van der Waals surface area contributed by atoms with E-state index >= 15 is 0 Å². The Morgan fingerprint density at radius 2 is 1.93 bits per heavy atom. The fraction of sp³-hybridized carbons (Fsp3) is 0. The molecular formula is C10H6NNaO3. The summed E-state index contributed by atoms with van der Waals surface area (Å²) in [5, 5.41) is 10.9. The van der Waals surface area contributed by atoms with Crippen molar-refractivity contribution in [1.82, 2.24) is 4.98 Å². The number of aromatic nitrogens is 1. The van der Waals surface area contributed by atoms with Crippen LogP contribution in [-0.2, 0) is 0 Å². The molecular weight excluding hydrogens is 205 g/mol. The van der Waals surface area contributed by atoms with Crippen molar-refractivity contribution in [2.75, 3.05) is 0 Å². The monoisotopic (exact) mass is 211 g/mol. The van der Waals surface area contributed by atoms with Crippen molar-refractivity contribution in [2.24, 2.45) is 0 Å². The Hall–Kier alpha value is -1.10. The smallest absolute Gasteiger partial charge is 0.545 e. The summed E-state index contributed by atoms with van der Waals surface area (Å²) in [6.07, 6.45) is 1.15. The van der Waals surface area contributed by atoms with E-state index in [-0.39, 0.29) is 35.1 Å². The first-order valence-corrected chi connectivity index (χ1v) is 4.02. The van der Waals surface area contributed by atoms with Crippen LogP contribution in [0.2, 0.25) is 0 Å². The van der Waals surface area contributed by atoms with E-state index in [1.54, 1.807) is 24.3 Å². The summed E-state index contributed by atoms with van der Waals surface area (Å²) in [5.74, 6) is -1.46. The van der Waals surface area contributed by atoms with Crippen molar-refractivity contribution in [3.8, 4) is 0 Å². The standard InChI is InChI=1S/C10H7NO3.Na/c12-9-6-3-1-2-4-8(6)11-5-7(9)10(13)14;/h1-5H,(H,11,12)(H,13,14);/q;+1/p-1. The Morgan fingerprint density at radius 3 is 2.60 bits per heavy atom. The molecule has 2 rings (SSSR count). The molecule has 0 fully saturated rings. The first kappa shape index (κ1) is 12.0. The van der Waals surface area contributed by atoms with Gasteiger partial charge in [0, 0.05) is 17.1 Å². The number of para-hydroxylation sites is 1. The second-order valence-electron chi connectivity index (χ2n) is 2.86. The molecule has 5 heteroatoms. The Bertz CT molecular complexity index is 562. The van der Waals surface area contributed by atoms with Gasteiger partial charge in [0.2, 0.25) is 0 Å². The summed E-state index contributed by atoms with van der Waals surface area (Å²) in [7, 11) is 0. The van der Waals surface area contributed by atoms with Crippen LogP contribution in [0.1, 0.15) is 10.4 Å². The number of pyridine rings is 1. The molecule has 0 atom stereocenters. The summed E-state index contributed by atoms with van der Waals surface area (Å²) < 4.78 is 0. The van der Waals surface area contributed by atoms with Crippen LogP contribution in [0.25, 0.3) is 10.9 Å². The van der Waals surface area contributed by atoms with Crippen LogP contribution in [0.4, 0.5) is 0 Å². The molecule has 0 aliphatic rings. The van der Waals surface area contributed by atoms with E-state index in [9.17, 15) is 14.7 Å². The number of aromatic amines is 1. The molecule has 0 bridgehead atoms. The van der Waals surface area contributed by atoms with Gasteiger partial charge in [-0.1, -0.05) is 12.1 Å². The molecule has 0 radical (unpaired) electrons. The first-order valence-electron chi connectivity index (χ1n) is 4.02. The zero-order valence-corrected chi connectivity index (χ0v) is 10.1. The van der Waals surface area contributed by atoms with Crippen molar-refractivity contribution in [1.29, 1.82) is 0 Å². The predicted molar refractivity (Wildman–Crippen MR) is 48.9 cm³/mol. The van der Waals surface area contributed by atoms with Crippen LogP contribution in [-0.4, -0.2) is 11.0 Å². The molecule has 0 aliphatic carbocycles. The third-order valence-electron chi connectivity index (χ3n) is 2.01. The third kappa shape index (κ3) is 2.12. The largest absolute Gasteiger partial charge is 1.00 e. The van der Waals surface area contributed by atoms with Gasteiger partial charge in [0.05, 0.1) is 11.5 Å². The predicted octanol–water partition coefficient (Wildman–Crippen LogP) is -3.10. The normalized spacial score (nSPS) is 9.60. The van der Waals surface area contributed by atoms with Gasteiger partial charge in [-0.05, 0) is 12.1 Å². The number of benzene rings is 1. The van der Waals surface area contributed by atoms with Crippen molar-refractivity contribution in [3.63, 3.8) is 0 Å². The Kier molecular flexibility index (Phi) is 3.68. The van der Waals surface area contributed by atoms with Gasteiger partial charge in [0.15, 0.2) is 5.43 Å². The number of rotatable bonds is 1. The summed E-state index contributed by atoms with van der Waals surface area (Å²) >= 11 is 0. The molecule has 15 heavy (non-hydrogen) atoms. The van der Waals surface area contributed by atoms with E-state index in [2.05, 4.69) is 4.98 Å². The molecule has 0 spiro atoms. The molecule has 1 N–H and O–H groups in total. The van der Waals surface area contributed by atoms with Gasteiger partial charge in [0.1, 0.15) is 0 Å². The summed E-state index contributed by atoms with van der Waals surface area (Å²) in [6, 6.07) is 6.71. The van der Waals surface area contributed by atoms with Crippen molar-refractivity contribution >= 4 is 16.9 Å². The fourth-order valence-corrected chi connectivity index (χ4v) is 1.32. The molecule has 0 aliphatic heterocycles. The minimum atomic E-state index is -1.46. The number of aromatic carboxylic acids is 1. The van der Waals surface area contributed by atoms with Gasteiger partial charge in [-0.15, -0.1) is 0 Å². The van der Waals surface area contributed by atoms with Gasteiger partial charge in [-0.25, -0.2) is 0 Å². The Balaban J connectivity index is 0.00000112. The molecule has 1 aromatic heterocycles. The van der Waals surface area contributed by atoms with Crippen molar-refractivity contribution in [3.05, 3.63) is 46.2 Å². The van der Waals surface area contributed by atoms with Gasteiger partial charge < -0.3 is 14.9 Å². The van der Waals surface area contributed by atoms with Gasteiger partial charge in [-0.2, -0.15) is 0 Å². The molecule has 0 saturated heterocycles. The summed E-state index contributed by atoms with van der Waals surface area (Å²) in [5.41, 5.74) is -0.245. The van der Waals surface area contributed by atoms with E-state index in [4.69, 9.17) is 0 Å². The van der Waals surface area contributed by atoms with E-state index < -0.39 is 11.4 Å². The fourth-order valence-electron chi connectivity index (χ4n) is 1.32. The van der Waals surface area contributed by atoms with Crippen molar-refractivity contribution in [2.45, 2.75) is 0 Å². The van der Waals surface area contributed by atoms with Crippen LogP contribution in [0.15, 0.2) is 35.3 Å². The number of hydrogen-bond acceptors (Lipinski definition) is 3. The Labute approximate surface area is 107 Å². The van der Waals surface area contributed by atoms with E-state index in [1.165, 1.54) is 0 Å². The van der Waals surface area contributed by atoms with Crippen LogP contribution in [0.3, 0.4) is 0 Å². The second kappa shape index (κ2) is 4.61. The molecule has 4 nitrogen and oxygen atoms in total. The maximum atomic E-state index is 11.5. The molecule has 1 heterocycles. The molecule has 0 unspecified atom stereocenters. The quantitative estimate of drug-likeness (QED) is 0.508. The summed E-state index contributed by atoms with van der Waals surface area (Å²) in [6.45, 7) is 0. The first-order chi connectivity index (χ1) is 6.70. The van der Waals surface area contributed by atoms with Gasteiger partial charge in [0.25, 0.3) is 0 Å². The molecule has 0 saturated carbocycles. The van der Waals surface area contributed by atoms with Crippen LogP contribution < -0.4 is 40.1 Å². The van der Waals surface area contributed by atoms with Gasteiger partial charge >= 0.3 is 29.6 Å². The number of carboxylic acids is 1. The van der Waals surface area contributed by atoms with E-state index in [1.807, 2.05) is 0 Å². The van der Waals surface area contributed by atoms with E-state index in [0.717, 1.165) is 6.20 Å². The number of carbonyl (C=O) groups is 1. The zero-order valence-electron chi connectivity index (χ0n) is 8.11. The second-order valence-corrected chi connectivity index (χ2v) is 2.86. The molecule has 0 amide bonds. The molecule has 1 aromatic carbocycles. The number of fused-ring (bicyclic) bond motifs is 1. The average molecular weight is 211 g/mol. The minimum Gasteiger partial charge on any atom is -0.545 e. The number of nitrogens with one attached hydrogen (secondary N) is 1. The maximum Gasteiger partial charge on any atom is 1.00 e. The topological polar surface area (TPSA) is 73.0 Å². The van der Waals surface area contributed by atoms with Crippen molar-refractivity contribution < 1.29 is 39.5 Å². The van der Waals surface area contributed by atoms with E-state index in [0.29, 0.717) is 10.9 Å². The molecule has 70 valence electrons. The molecule has 2 aromatic rings. The summed E-state index contributed by atoms with van der Waals surface area (Å²) in [4.78, 5) is 24.8. The van der Waals surface area contributed by atoms with Crippen LogP contribution in [0.5, 0.6) is 0 Å². The number of H-pyrrole nitrogens is 1. The average Bonchev–Trinajstić information content (AvgIpc) is 2.18. The van der Waals surface area contributed by atoms with Crippen LogP contribution >= 0.6 is 0 Å². The van der Waals surface area contributed by atoms with Gasteiger partial charge in [-0.3, -0.25) is 4.79 Å². The zero-order chi connectivity index (χ0) is 10.1. The maximum absolute atomic E-state index is 11.5. The number of carboxylic acid groups (broad SMARTS) is 1. The Morgan fingerprint density at radius 1 is 1.27 bits per heavy atom. The number of carbonyl (C=O) groups excluding carboxylic acids is 1. The minimum absolute atomic E-state index is 0. The van der Waals surface area contributed by atoms with Crippen LogP contribution in [0, 0.1) is 0 Å². The number of hydrogen-bond donors (Lipinski definition) is 1.